The normalized spacial score (nSPS) is 15.5. The van der Waals surface area contributed by atoms with Gasteiger partial charge >= 0.3 is 0 Å². The van der Waals surface area contributed by atoms with Gasteiger partial charge in [-0.15, -0.1) is 0 Å². The summed E-state index contributed by atoms with van der Waals surface area (Å²) in [5.74, 6) is 0. The van der Waals surface area contributed by atoms with Crippen LogP contribution in [0.2, 0.25) is 0 Å². The number of nitrogens with zero attached hydrogens (tertiary/aromatic N) is 1. The Morgan fingerprint density at radius 1 is 1.36 bits per heavy atom. The number of rotatable bonds is 5. The third-order valence-corrected chi connectivity index (χ3v) is 2.90. The number of unbranched alkanes of at least 4 members (excludes halogenated alkanes) is 2. The zero-order valence-corrected chi connectivity index (χ0v) is 8.61. The van der Waals surface area contributed by atoms with Crippen molar-refractivity contribution >= 4 is 25.3 Å². The Bertz CT molecular complexity index is 129. The Balaban J connectivity index is 3.19. The molecule has 0 aliphatic carbocycles. The maximum Gasteiger partial charge on any atom is 0.0621 e. The Labute approximate surface area is 80.0 Å². The number of nitriles is 1. The molecule has 0 saturated heterocycles. The molecule has 3 heteroatoms. The highest BCUT2D eigenvalue weighted by Crippen LogP contribution is 2.15. The summed E-state index contributed by atoms with van der Waals surface area (Å²) in [4.78, 5) is 0. The second-order valence-electron chi connectivity index (χ2n) is 2.71. The van der Waals surface area contributed by atoms with Crippen LogP contribution < -0.4 is 0 Å². The van der Waals surface area contributed by atoms with Crippen LogP contribution in [0, 0.1) is 11.3 Å². The van der Waals surface area contributed by atoms with E-state index in [0.717, 1.165) is 19.3 Å². The van der Waals surface area contributed by atoms with Crippen LogP contribution >= 0.6 is 25.3 Å². The Hall–Kier alpha value is 0.190. The number of hydrogen-bond donors (Lipinski definition) is 2. The fraction of sp³-hybridized carbons (Fsp3) is 0.875. The first-order chi connectivity index (χ1) is 5.18. The molecular weight excluding hydrogens is 174 g/mol. The molecule has 0 rings (SSSR count). The Morgan fingerprint density at radius 3 is 2.45 bits per heavy atom. The summed E-state index contributed by atoms with van der Waals surface area (Å²) in [6.45, 7) is 2.05. The van der Waals surface area contributed by atoms with Gasteiger partial charge in [-0.05, 0) is 12.8 Å². The molecule has 0 aliphatic rings. The molecule has 2 atom stereocenters. The van der Waals surface area contributed by atoms with Gasteiger partial charge in [0.2, 0.25) is 0 Å². The number of hydrogen-bond acceptors (Lipinski definition) is 3. The Kier molecular flexibility index (Phi) is 6.99. The summed E-state index contributed by atoms with van der Waals surface area (Å²) >= 11 is 8.64. The monoisotopic (exact) mass is 189 g/mol. The van der Waals surface area contributed by atoms with E-state index in [-0.39, 0.29) is 0 Å². The summed E-state index contributed by atoms with van der Waals surface area (Å²) in [6, 6.07) is 2.13. The lowest BCUT2D eigenvalue weighted by Gasteiger charge is -2.12. The molecule has 11 heavy (non-hydrogen) atoms. The van der Waals surface area contributed by atoms with Crippen molar-refractivity contribution < 1.29 is 0 Å². The lowest BCUT2D eigenvalue weighted by atomic mass is 10.1. The zero-order chi connectivity index (χ0) is 8.69. The molecule has 0 aromatic rings. The molecule has 0 N–H and O–H groups in total. The molecule has 0 aromatic carbocycles. The second kappa shape index (κ2) is 6.87. The molecule has 0 saturated carbocycles. The van der Waals surface area contributed by atoms with Gasteiger partial charge in [0.15, 0.2) is 0 Å². The predicted molar refractivity (Wildman–Crippen MR) is 55.3 cm³/mol. The van der Waals surface area contributed by atoms with Gasteiger partial charge in [-0.25, -0.2) is 0 Å². The fourth-order valence-corrected chi connectivity index (χ4v) is 1.13. The van der Waals surface area contributed by atoms with E-state index in [2.05, 4.69) is 31.3 Å². The van der Waals surface area contributed by atoms with E-state index in [1.165, 1.54) is 0 Å². The predicted octanol–water partition coefficient (Wildman–Crippen LogP) is 2.69. The van der Waals surface area contributed by atoms with Gasteiger partial charge in [-0.3, -0.25) is 0 Å². The SMILES string of the molecule is CC(S)C(S)CCCCC#N. The third kappa shape index (κ3) is 6.58. The highest BCUT2D eigenvalue weighted by atomic mass is 32.1. The summed E-state index contributed by atoms with van der Waals surface area (Å²) in [7, 11) is 0. The molecule has 0 spiro atoms. The van der Waals surface area contributed by atoms with Crippen LogP contribution in [0.25, 0.3) is 0 Å². The van der Waals surface area contributed by atoms with Crippen LogP contribution in [0.3, 0.4) is 0 Å². The first-order valence-corrected chi connectivity index (χ1v) is 4.95. The van der Waals surface area contributed by atoms with E-state index in [9.17, 15) is 0 Å². The lowest BCUT2D eigenvalue weighted by Crippen LogP contribution is -2.10. The van der Waals surface area contributed by atoms with E-state index in [0.29, 0.717) is 16.9 Å². The van der Waals surface area contributed by atoms with Crippen LogP contribution in [0.15, 0.2) is 0 Å². The molecular formula is C8H15NS2. The van der Waals surface area contributed by atoms with Crippen molar-refractivity contribution in [2.75, 3.05) is 0 Å². The van der Waals surface area contributed by atoms with Crippen LogP contribution in [-0.2, 0) is 0 Å². The highest BCUT2D eigenvalue weighted by Gasteiger charge is 2.07. The standard InChI is InChI=1S/C8H15NS2/c1-7(10)8(11)5-3-2-4-6-9/h7-8,10-11H,2-5H2,1H3. The smallest absolute Gasteiger partial charge is 0.0621 e. The molecule has 0 radical (unpaired) electrons. The second-order valence-corrected chi connectivity index (χ2v) is 4.19. The van der Waals surface area contributed by atoms with Gasteiger partial charge in [0.25, 0.3) is 0 Å². The molecule has 0 heterocycles. The van der Waals surface area contributed by atoms with Crippen molar-refractivity contribution in [3.05, 3.63) is 0 Å². The van der Waals surface area contributed by atoms with Crippen molar-refractivity contribution in [3.8, 4) is 6.07 Å². The molecule has 0 amide bonds. The lowest BCUT2D eigenvalue weighted by molar-refractivity contribution is 0.662. The molecule has 64 valence electrons. The van der Waals surface area contributed by atoms with Crippen molar-refractivity contribution in [2.45, 2.75) is 43.1 Å². The van der Waals surface area contributed by atoms with E-state index >= 15 is 0 Å². The van der Waals surface area contributed by atoms with E-state index in [1.807, 2.05) is 6.92 Å². The molecule has 2 unspecified atom stereocenters. The van der Waals surface area contributed by atoms with Crippen LogP contribution in [0.4, 0.5) is 0 Å². The minimum atomic E-state index is 0.348. The van der Waals surface area contributed by atoms with Crippen LogP contribution in [0.1, 0.15) is 32.6 Å². The quantitative estimate of drug-likeness (QED) is 0.504. The Morgan fingerprint density at radius 2 is 2.00 bits per heavy atom. The first-order valence-electron chi connectivity index (χ1n) is 3.91. The fourth-order valence-electron chi connectivity index (χ4n) is 0.799. The van der Waals surface area contributed by atoms with Crippen molar-refractivity contribution in [1.82, 2.24) is 0 Å². The van der Waals surface area contributed by atoms with Crippen LogP contribution in [-0.4, -0.2) is 10.5 Å². The molecule has 0 bridgehead atoms. The highest BCUT2D eigenvalue weighted by molar-refractivity contribution is 7.85. The molecule has 0 fully saturated rings. The topological polar surface area (TPSA) is 23.8 Å². The third-order valence-electron chi connectivity index (χ3n) is 1.60. The average Bonchev–Trinajstić information content (AvgIpc) is 1.97. The first kappa shape index (κ1) is 11.2. The minimum absolute atomic E-state index is 0.348. The van der Waals surface area contributed by atoms with Gasteiger partial charge in [0.1, 0.15) is 0 Å². The molecule has 0 aliphatic heterocycles. The molecule has 1 nitrogen and oxygen atoms in total. The van der Waals surface area contributed by atoms with Gasteiger partial charge in [0.05, 0.1) is 6.07 Å². The van der Waals surface area contributed by atoms with Gasteiger partial charge in [-0.1, -0.05) is 13.3 Å². The average molecular weight is 189 g/mol. The van der Waals surface area contributed by atoms with Crippen molar-refractivity contribution in [1.29, 1.82) is 5.26 Å². The van der Waals surface area contributed by atoms with E-state index in [1.54, 1.807) is 0 Å². The van der Waals surface area contributed by atoms with Crippen molar-refractivity contribution in [3.63, 3.8) is 0 Å². The van der Waals surface area contributed by atoms with Gasteiger partial charge in [-0.2, -0.15) is 30.5 Å². The van der Waals surface area contributed by atoms with Crippen LogP contribution in [0.5, 0.6) is 0 Å². The van der Waals surface area contributed by atoms with Gasteiger partial charge < -0.3 is 0 Å². The summed E-state index contributed by atoms with van der Waals surface area (Å²) in [6.07, 6.45) is 3.82. The molecule has 0 aromatic heterocycles. The summed E-state index contributed by atoms with van der Waals surface area (Å²) in [5.41, 5.74) is 0. The summed E-state index contributed by atoms with van der Waals surface area (Å²) < 4.78 is 0. The van der Waals surface area contributed by atoms with E-state index in [4.69, 9.17) is 5.26 Å². The summed E-state index contributed by atoms with van der Waals surface area (Å²) in [5, 5.41) is 8.98. The van der Waals surface area contributed by atoms with Gasteiger partial charge in [0, 0.05) is 16.9 Å². The van der Waals surface area contributed by atoms with Crippen molar-refractivity contribution in [2.24, 2.45) is 0 Å². The largest absolute Gasteiger partial charge is 0.198 e. The number of thiol groups is 2. The van der Waals surface area contributed by atoms with E-state index < -0.39 is 0 Å². The maximum absolute atomic E-state index is 8.26. The zero-order valence-electron chi connectivity index (χ0n) is 6.82. The minimum Gasteiger partial charge on any atom is -0.198 e. The maximum atomic E-state index is 8.26.